The predicted molar refractivity (Wildman–Crippen MR) is 94.0 cm³/mol. The Morgan fingerprint density at radius 1 is 1.11 bits per heavy atom. The number of methoxy groups -OCH3 is 1. The van der Waals surface area contributed by atoms with Gasteiger partial charge in [0, 0.05) is 18.6 Å². The fourth-order valence-electron chi connectivity index (χ4n) is 2.50. The minimum atomic E-state index is -1.13. The first-order valence-electron chi connectivity index (χ1n) is 8.03. The molecule has 0 saturated carbocycles. The molecule has 1 aromatic heterocycles. The highest BCUT2D eigenvalue weighted by Crippen LogP contribution is 2.25. The van der Waals surface area contributed by atoms with Crippen LogP contribution in [0.2, 0.25) is 0 Å². The van der Waals surface area contributed by atoms with E-state index in [2.05, 4.69) is 5.32 Å². The maximum atomic E-state index is 13.5. The average Bonchev–Trinajstić information content (AvgIpc) is 3.09. The van der Waals surface area contributed by atoms with Gasteiger partial charge in [-0.2, -0.15) is 0 Å². The summed E-state index contributed by atoms with van der Waals surface area (Å²) in [5.74, 6) is -3.25. The predicted octanol–water partition coefficient (Wildman–Crippen LogP) is 3.15. The van der Waals surface area contributed by atoms with Crippen LogP contribution in [-0.2, 0) is 14.3 Å². The molecule has 1 atom stereocenters. The topological polar surface area (TPSA) is 80.6 Å². The summed E-state index contributed by atoms with van der Waals surface area (Å²) in [7, 11) is 1.44. The zero-order chi connectivity index (χ0) is 19.4. The molecule has 0 aliphatic rings. The summed E-state index contributed by atoms with van der Waals surface area (Å²) >= 11 is 0. The molecule has 0 bridgehead atoms. The molecule has 0 aliphatic carbocycles. The second kappa shape index (κ2) is 7.96. The van der Waals surface area contributed by atoms with Crippen LogP contribution in [0, 0.1) is 11.6 Å². The lowest BCUT2D eigenvalue weighted by Gasteiger charge is -2.13. The number of rotatable bonds is 5. The molecule has 8 heteroatoms. The van der Waals surface area contributed by atoms with Gasteiger partial charge >= 0.3 is 11.8 Å². The Labute approximate surface area is 153 Å². The van der Waals surface area contributed by atoms with E-state index in [4.69, 9.17) is 9.15 Å². The molecular weight excluding hydrogens is 358 g/mol. The molecular formula is C19H16F2N2O4. The minimum Gasteiger partial charge on any atom is -0.458 e. The lowest BCUT2D eigenvalue weighted by molar-refractivity contribution is -0.136. The second-order valence-electron chi connectivity index (χ2n) is 5.70. The standard InChI is InChI=1S/C19H16F2N2O4/c1-26-17(16-8-11-4-2-3-5-15(11)27-16)10-22-18(24)19(25)23-14-9-12(20)6-7-13(14)21/h2-9,17H,10H2,1H3,(H,22,24)(H,23,25)/t17-/m0/s1. The van der Waals surface area contributed by atoms with E-state index in [0.29, 0.717) is 11.3 Å². The fraction of sp³-hybridized carbons (Fsp3) is 0.158. The molecule has 2 N–H and O–H groups in total. The Hall–Kier alpha value is -3.26. The molecule has 27 heavy (non-hydrogen) atoms. The van der Waals surface area contributed by atoms with Crippen LogP contribution >= 0.6 is 0 Å². The summed E-state index contributed by atoms with van der Waals surface area (Å²) in [6, 6.07) is 11.7. The highest BCUT2D eigenvalue weighted by Gasteiger charge is 2.20. The van der Waals surface area contributed by atoms with Gasteiger partial charge in [-0.1, -0.05) is 18.2 Å². The van der Waals surface area contributed by atoms with E-state index in [1.807, 2.05) is 23.5 Å². The molecule has 0 saturated heterocycles. The van der Waals surface area contributed by atoms with Crippen molar-refractivity contribution in [2.24, 2.45) is 0 Å². The van der Waals surface area contributed by atoms with Gasteiger partial charge < -0.3 is 19.8 Å². The third-order valence-electron chi connectivity index (χ3n) is 3.88. The summed E-state index contributed by atoms with van der Waals surface area (Å²) in [4.78, 5) is 23.8. The van der Waals surface area contributed by atoms with Crippen molar-refractivity contribution in [3.8, 4) is 0 Å². The third kappa shape index (κ3) is 4.29. The number of ether oxygens (including phenoxy) is 1. The van der Waals surface area contributed by atoms with E-state index < -0.39 is 35.2 Å². The average molecular weight is 374 g/mol. The van der Waals surface area contributed by atoms with Gasteiger partial charge in [0.1, 0.15) is 29.1 Å². The summed E-state index contributed by atoms with van der Waals surface area (Å²) in [5.41, 5.74) is 0.246. The number of hydrogen-bond donors (Lipinski definition) is 2. The van der Waals surface area contributed by atoms with E-state index in [1.165, 1.54) is 7.11 Å². The largest absolute Gasteiger partial charge is 0.458 e. The Kier molecular flexibility index (Phi) is 5.46. The van der Waals surface area contributed by atoms with Crippen molar-refractivity contribution in [2.75, 3.05) is 19.0 Å². The van der Waals surface area contributed by atoms with Crippen molar-refractivity contribution in [3.05, 3.63) is 65.9 Å². The molecule has 1 heterocycles. The van der Waals surface area contributed by atoms with Gasteiger partial charge in [-0.05, 0) is 24.3 Å². The molecule has 140 valence electrons. The van der Waals surface area contributed by atoms with E-state index in [9.17, 15) is 18.4 Å². The molecule has 2 amide bonds. The van der Waals surface area contributed by atoms with Crippen molar-refractivity contribution in [1.82, 2.24) is 5.32 Å². The number of hydrogen-bond acceptors (Lipinski definition) is 4. The fourth-order valence-corrected chi connectivity index (χ4v) is 2.50. The van der Waals surface area contributed by atoms with Gasteiger partial charge in [-0.15, -0.1) is 0 Å². The van der Waals surface area contributed by atoms with Gasteiger partial charge in [0.05, 0.1) is 12.2 Å². The molecule has 0 aliphatic heterocycles. The van der Waals surface area contributed by atoms with E-state index >= 15 is 0 Å². The van der Waals surface area contributed by atoms with Crippen LogP contribution in [0.4, 0.5) is 14.5 Å². The number of fused-ring (bicyclic) bond motifs is 1. The zero-order valence-corrected chi connectivity index (χ0v) is 14.3. The molecule has 0 radical (unpaired) electrons. The van der Waals surface area contributed by atoms with Crippen molar-refractivity contribution in [3.63, 3.8) is 0 Å². The number of amides is 2. The lowest BCUT2D eigenvalue weighted by Crippen LogP contribution is -2.38. The van der Waals surface area contributed by atoms with Crippen LogP contribution in [0.3, 0.4) is 0 Å². The highest BCUT2D eigenvalue weighted by atomic mass is 19.1. The van der Waals surface area contributed by atoms with E-state index in [0.717, 1.165) is 23.6 Å². The highest BCUT2D eigenvalue weighted by molar-refractivity contribution is 6.39. The summed E-state index contributed by atoms with van der Waals surface area (Å²) in [6.45, 7) is -0.0474. The summed E-state index contributed by atoms with van der Waals surface area (Å²) in [5, 5.41) is 5.28. The smallest absolute Gasteiger partial charge is 0.313 e. The third-order valence-corrected chi connectivity index (χ3v) is 3.88. The molecule has 3 aromatic rings. The minimum absolute atomic E-state index is 0.0474. The van der Waals surface area contributed by atoms with Gasteiger partial charge in [0.15, 0.2) is 0 Å². The van der Waals surface area contributed by atoms with Crippen molar-refractivity contribution < 1.29 is 27.5 Å². The number of carbonyl (C=O) groups is 2. The molecule has 6 nitrogen and oxygen atoms in total. The van der Waals surface area contributed by atoms with Gasteiger partial charge in [-0.3, -0.25) is 9.59 Å². The van der Waals surface area contributed by atoms with Crippen LogP contribution < -0.4 is 10.6 Å². The Morgan fingerprint density at radius 3 is 2.63 bits per heavy atom. The van der Waals surface area contributed by atoms with Crippen LogP contribution in [-0.4, -0.2) is 25.5 Å². The number of carbonyl (C=O) groups excluding carboxylic acids is 2. The van der Waals surface area contributed by atoms with Gasteiger partial charge in [-0.25, -0.2) is 8.78 Å². The first-order valence-corrected chi connectivity index (χ1v) is 8.03. The van der Waals surface area contributed by atoms with Crippen LogP contribution in [0.25, 0.3) is 11.0 Å². The maximum absolute atomic E-state index is 13.5. The molecule has 0 spiro atoms. The quantitative estimate of drug-likeness (QED) is 0.673. The molecule has 0 fully saturated rings. The number of furan rings is 1. The molecule has 2 aromatic carbocycles. The zero-order valence-electron chi connectivity index (χ0n) is 14.3. The Morgan fingerprint density at radius 2 is 1.89 bits per heavy atom. The molecule has 3 rings (SSSR count). The first kappa shape index (κ1) is 18.5. The number of nitrogens with one attached hydrogen (secondary N) is 2. The van der Waals surface area contributed by atoms with E-state index in [1.54, 1.807) is 12.1 Å². The van der Waals surface area contributed by atoms with Crippen molar-refractivity contribution in [1.29, 1.82) is 0 Å². The number of halogens is 2. The van der Waals surface area contributed by atoms with E-state index in [-0.39, 0.29) is 6.54 Å². The number of anilines is 1. The Bertz CT molecular complexity index is 954. The molecule has 0 unspecified atom stereocenters. The van der Waals surface area contributed by atoms with Gasteiger partial charge in [0.2, 0.25) is 0 Å². The monoisotopic (exact) mass is 374 g/mol. The Balaban J connectivity index is 1.62. The number of benzene rings is 2. The first-order chi connectivity index (χ1) is 13.0. The summed E-state index contributed by atoms with van der Waals surface area (Å²) in [6.07, 6.45) is -0.625. The SMILES string of the molecule is CO[C@@H](CNC(=O)C(=O)Nc1cc(F)ccc1F)c1cc2ccccc2o1. The van der Waals surface area contributed by atoms with Crippen molar-refractivity contribution in [2.45, 2.75) is 6.10 Å². The van der Waals surface area contributed by atoms with Crippen LogP contribution in [0.1, 0.15) is 11.9 Å². The normalized spacial score (nSPS) is 12.0. The maximum Gasteiger partial charge on any atom is 0.313 e. The number of para-hydroxylation sites is 1. The second-order valence-corrected chi connectivity index (χ2v) is 5.70. The van der Waals surface area contributed by atoms with Gasteiger partial charge in [0.25, 0.3) is 0 Å². The van der Waals surface area contributed by atoms with Crippen LogP contribution in [0.15, 0.2) is 52.9 Å². The van der Waals surface area contributed by atoms with Crippen molar-refractivity contribution >= 4 is 28.5 Å². The lowest BCUT2D eigenvalue weighted by atomic mass is 10.2. The summed E-state index contributed by atoms with van der Waals surface area (Å²) < 4.78 is 37.6. The van der Waals surface area contributed by atoms with Crippen LogP contribution in [0.5, 0.6) is 0 Å².